The van der Waals surface area contributed by atoms with Gasteiger partial charge in [-0.1, -0.05) is 0 Å². The highest BCUT2D eigenvalue weighted by Crippen LogP contribution is 2.20. The summed E-state index contributed by atoms with van der Waals surface area (Å²) in [6.45, 7) is 2.59. The van der Waals surface area contributed by atoms with Crippen LogP contribution in [0.15, 0.2) is 12.3 Å². The van der Waals surface area contributed by atoms with Crippen molar-refractivity contribution in [1.29, 1.82) is 0 Å². The lowest BCUT2D eigenvalue weighted by Crippen LogP contribution is -2.40. The number of amides is 1. The molecule has 1 aromatic heterocycles. The molecule has 0 atom stereocenters. The van der Waals surface area contributed by atoms with Gasteiger partial charge in [0.15, 0.2) is 0 Å². The first-order valence-electron chi connectivity index (χ1n) is 7.20. The smallest absolute Gasteiger partial charge is 0.358 e. The Bertz CT molecular complexity index is 494. The number of nitro groups is 1. The van der Waals surface area contributed by atoms with Crippen molar-refractivity contribution in [3.05, 3.63) is 22.4 Å². The van der Waals surface area contributed by atoms with Crippen molar-refractivity contribution in [2.45, 2.75) is 25.8 Å². The molecule has 2 rings (SSSR count). The maximum atomic E-state index is 12.2. The number of likely N-dealkylation sites (tertiary alicyclic amines) is 1. The van der Waals surface area contributed by atoms with Gasteiger partial charge in [0.05, 0.1) is 17.4 Å². The minimum atomic E-state index is -0.561. The molecule has 1 saturated heterocycles. The molecule has 0 aromatic carbocycles. The topological polar surface area (TPSA) is 93.3 Å². The maximum absolute atomic E-state index is 12.2. The molecule has 0 saturated carbocycles. The van der Waals surface area contributed by atoms with Gasteiger partial charge in [0.1, 0.15) is 6.54 Å². The Morgan fingerprint density at radius 3 is 2.81 bits per heavy atom. The number of piperidine rings is 1. The van der Waals surface area contributed by atoms with Gasteiger partial charge >= 0.3 is 5.82 Å². The molecule has 8 nitrogen and oxygen atoms in total. The number of hydrogen-bond acceptors (Lipinski definition) is 5. The van der Waals surface area contributed by atoms with Crippen molar-refractivity contribution in [3.8, 4) is 0 Å². The molecular weight excluding hydrogens is 274 g/mol. The van der Waals surface area contributed by atoms with Crippen molar-refractivity contribution in [3.63, 3.8) is 0 Å². The lowest BCUT2D eigenvalue weighted by atomic mass is 9.93. The first kappa shape index (κ1) is 15.4. The Labute approximate surface area is 123 Å². The molecule has 1 amide bonds. The molecule has 1 aliphatic heterocycles. The predicted molar refractivity (Wildman–Crippen MR) is 76.7 cm³/mol. The summed E-state index contributed by atoms with van der Waals surface area (Å²) >= 11 is 0. The van der Waals surface area contributed by atoms with Crippen molar-refractivity contribution >= 4 is 11.7 Å². The van der Waals surface area contributed by atoms with Crippen LogP contribution < -0.4 is 5.32 Å². The van der Waals surface area contributed by atoms with E-state index in [1.165, 1.54) is 16.9 Å². The third-order valence-electron chi connectivity index (χ3n) is 3.88. The van der Waals surface area contributed by atoms with Gasteiger partial charge in [-0.05, 0) is 43.7 Å². The highest BCUT2D eigenvalue weighted by Gasteiger charge is 2.23. The van der Waals surface area contributed by atoms with Gasteiger partial charge < -0.3 is 20.3 Å². The fourth-order valence-electron chi connectivity index (χ4n) is 2.59. The van der Waals surface area contributed by atoms with Gasteiger partial charge in [0.25, 0.3) is 0 Å². The molecule has 1 N–H and O–H groups in total. The second-order valence-corrected chi connectivity index (χ2v) is 5.35. The fraction of sp³-hybridized carbons (Fsp3) is 0.692. The zero-order valence-electron chi connectivity index (χ0n) is 12.2. The number of carbonyl (C=O) groups excluding carboxylic acids is 1. The van der Waals surface area contributed by atoms with Crippen LogP contribution in [0.3, 0.4) is 0 Å². The van der Waals surface area contributed by atoms with Crippen LogP contribution in [0, 0.1) is 16.0 Å². The first-order chi connectivity index (χ1) is 10.1. The van der Waals surface area contributed by atoms with Crippen LogP contribution in [0.5, 0.6) is 0 Å². The summed E-state index contributed by atoms with van der Waals surface area (Å²) in [6, 6.07) is 1.30. The van der Waals surface area contributed by atoms with Gasteiger partial charge in [0.2, 0.25) is 5.91 Å². The zero-order valence-corrected chi connectivity index (χ0v) is 12.2. The normalized spacial score (nSPS) is 16.1. The summed E-state index contributed by atoms with van der Waals surface area (Å²) in [7, 11) is 1.95. The van der Waals surface area contributed by atoms with Gasteiger partial charge in [0, 0.05) is 13.1 Å². The van der Waals surface area contributed by atoms with Crippen LogP contribution in [0.4, 0.5) is 5.82 Å². The Balaban J connectivity index is 1.80. The largest absolute Gasteiger partial charge is 0.389 e. The van der Waals surface area contributed by atoms with E-state index in [9.17, 15) is 14.9 Å². The summed E-state index contributed by atoms with van der Waals surface area (Å²) in [5.74, 6) is 0.418. The number of aromatic nitrogens is 2. The summed E-state index contributed by atoms with van der Waals surface area (Å²) in [5.41, 5.74) is 0. The molecular formula is C13H21N5O3. The summed E-state index contributed by atoms with van der Waals surface area (Å²) in [6.07, 6.45) is 4.65. The first-order valence-corrected chi connectivity index (χ1v) is 7.20. The quantitative estimate of drug-likeness (QED) is 0.614. The van der Waals surface area contributed by atoms with Crippen molar-refractivity contribution in [1.82, 2.24) is 20.0 Å². The summed E-state index contributed by atoms with van der Waals surface area (Å²) in [4.78, 5) is 24.0. The average molecular weight is 295 g/mol. The SMILES string of the molecule is CNCCC1CCN(C(=O)Cn2ccc([N+](=O)[O-])n2)CC1. The standard InChI is InChI=1S/C13H21N5O3/c1-14-6-2-11-3-7-16(8-4-11)13(19)10-17-9-5-12(15-17)18(20)21/h5,9,11,14H,2-4,6-8,10H2,1H3. The minimum Gasteiger partial charge on any atom is -0.358 e. The monoisotopic (exact) mass is 295 g/mol. The molecule has 1 fully saturated rings. The number of hydrogen-bond donors (Lipinski definition) is 1. The van der Waals surface area contributed by atoms with E-state index in [2.05, 4.69) is 10.4 Å². The lowest BCUT2D eigenvalue weighted by Gasteiger charge is -2.31. The number of rotatable bonds is 6. The zero-order chi connectivity index (χ0) is 15.2. The van der Waals surface area contributed by atoms with Crippen LogP contribution in [-0.4, -0.2) is 52.2 Å². The van der Waals surface area contributed by atoms with E-state index in [-0.39, 0.29) is 18.3 Å². The Morgan fingerprint density at radius 2 is 2.24 bits per heavy atom. The van der Waals surface area contributed by atoms with E-state index >= 15 is 0 Å². The van der Waals surface area contributed by atoms with Crippen molar-refractivity contribution < 1.29 is 9.72 Å². The number of carbonyl (C=O) groups is 1. The molecule has 0 radical (unpaired) electrons. The number of nitrogens with one attached hydrogen (secondary N) is 1. The van der Waals surface area contributed by atoms with E-state index in [4.69, 9.17) is 0 Å². The summed E-state index contributed by atoms with van der Waals surface area (Å²) in [5, 5.41) is 17.5. The van der Waals surface area contributed by atoms with Crippen LogP contribution in [0.25, 0.3) is 0 Å². The molecule has 0 spiro atoms. The molecule has 1 aliphatic rings. The van der Waals surface area contributed by atoms with E-state index in [1.54, 1.807) is 0 Å². The Hall–Kier alpha value is -1.96. The van der Waals surface area contributed by atoms with Gasteiger partial charge in [-0.2, -0.15) is 4.68 Å². The highest BCUT2D eigenvalue weighted by atomic mass is 16.6. The average Bonchev–Trinajstić information content (AvgIpc) is 2.94. The molecule has 0 unspecified atom stereocenters. The van der Waals surface area contributed by atoms with Gasteiger partial charge in [-0.15, -0.1) is 0 Å². The molecule has 116 valence electrons. The second kappa shape index (κ2) is 7.16. The van der Waals surface area contributed by atoms with Crippen LogP contribution >= 0.6 is 0 Å². The van der Waals surface area contributed by atoms with Crippen molar-refractivity contribution in [2.24, 2.45) is 5.92 Å². The number of nitrogens with zero attached hydrogens (tertiary/aromatic N) is 4. The Morgan fingerprint density at radius 1 is 1.52 bits per heavy atom. The molecule has 0 bridgehead atoms. The molecule has 8 heteroatoms. The van der Waals surface area contributed by atoms with E-state index < -0.39 is 4.92 Å². The van der Waals surface area contributed by atoms with E-state index in [1.807, 2.05) is 11.9 Å². The molecule has 1 aromatic rings. The van der Waals surface area contributed by atoms with E-state index in [0.717, 1.165) is 38.9 Å². The minimum absolute atomic E-state index is 0.0277. The van der Waals surface area contributed by atoms with Crippen LogP contribution in [0.2, 0.25) is 0 Å². The Kier molecular flexibility index (Phi) is 5.26. The van der Waals surface area contributed by atoms with Crippen LogP contribution in [-0.2, 0) is 11.3 Å². The van der Waals surface area contributed by atoms with Gasteiger partial charge in [-0.3, -0.25) is 4.79 Å². The molecule has 0 aliphatic carbocycles. The third kappa shape index (κ3) is 4.25. The highest BCUT2D eigenvalue weighted by molar-refractivity contribution is 5.76. The maximum Gasteiger partial charge on any atom is 0.389 e. The summed E-state index contributed by atoms with van der Waals surface area (Å²) < 4.78 is 1.33. The molecule has 21 heavy (non-hydrogen) atoms. The second-order valence-electron chi connectivity index (χ2n) is 5.35. The van der Waals surface area contributed by atoms with Crippen molar-refractivity contribution in [2.75, 3.05) is 26.7 Å². The molecule has 2 heterocycles. The van der Waals surface area contributed by atoms with Crippen LogP contribution in [0.1, 0.15) is 19.3 Å². The lowest BCUT2D eigenvalue weighted by molar-refractivity contribution is -0.389. The predicted octanol–water partition coefficient (Wildman–Crippen LogP) is 0.639. The third-order valence-corrected chi connectivity index (χ3v) is 3.88. The van der Waals surface area contributed by atoms with Gasteiger partial charge in [-0.25, -0.2) is 0 Å². The fourth-order valence-corrected chi connectivity index (χ4v) is 2.59. The van der Waals surface area contributed by atoms with E-state index in [0.29, 0.717) is 5.92 Å².